The highest BCUT2D eigenvalue weighted by Gasteiger charge is 2.06. The third-order valence-electron chi connectivity index (χ3n) is 2.45. The van der Waals surface area contributed by atoms with Crippen LogP contribution in [0, 0.1) is 0 Å². The molecule has 1 aromatic carbocycles. The number of aliphatic hydroxyl groups excluding tert-OH is 1. The highest BCUT2D eigenvalue weighted by atomic mass is 16.3. The van der Waals surface area contributed by atoms with Crippen molar-refractivity contribution >= 4 is 6.21 Å². The summed E-state index contributed by atoms with van der Waals surface area (Å²) >= 11 is 0. The van der Waals surface area contributed by atoms with Crippen LogP contribution >= 0.6 is 0 Å². The van der Waals surface area contributed by atoms with Crippen LogP contribution < -0.4 is 0 Å². The van der Waals surface area contributed by atoms with E-state index in [0.29, 0.717) is 0 Å². The Morgan fingerprint density at radius 2 is 2.00 bits per heavy atom. The van der Waals surface area contributed by atoms with Crippen molar-refractivity contribution in [2.75, 3.05) is 6.61 Å². The average molecular weight is 226 g/mol. The van der Waals surface area contributed by atoms with E-state index < -0.39 is 0 Å². The van der Waals surface area contributed by atoms with E-state index in [0.717, 1.165) is 11.1 Å². The Hall–Kier alpha value is -2.00. The van der Waals surface area contributed by atoms with Crippen LogP contribution in [0.2, 0.25) is 0 Å². The highest BCUT2D eigenvalue weighted by Crippen LogP contribution is 2.15. The standard InChI is InChI=1S/C14H14N2O/c17-11-14(13-6-2-1-3-7-13)16-10-12-5-4-8-15-9-12/h1-10,14,17H,11H2/t14-/m1/s1. The van der Waals surface area contributed by atoms with Gasteiger partial charge in [-0.2, -0.15) is 0 Å². The summed E-state index contributed by atoms with van der Waals surface area (Å²) in [6.45, 7) is 0.000769. The monoisotopic (exact) mass is 226 g/mol. The molecule has 3 heteroatoms. The summed E-state index contributed by atoms with van der Waals surface area (Å²) in [4.78, 5) is 8.38. The van der Waals surface area contributed by atoms with Gasteiger partial charge < -0.3 is 5.11 Å². The number of pyridine rings is 1. The minimum Gasteiger partial charge on any atom is -0.394 e. The smallest absolute Gasteiger partial charge is 0.0979 e. The van der Waals surface area contributed by atoms with Gasteiger partial charge in [-0.05, 0) is 11.6 Å². The Morgan fingerprint density at radius 1 is 1.18 bits per heavy atom. The Bertz CT molecular complexity index is 468. The molecule has 17 heavy (non-hydrogen) atoms. The SMILES string of the molecule is OC[C@@H](N=Cc1cccnc1)c1ccccc1. The summed E-state index contributed by atoms with van der Waals surface area (Å²) in [7, 11) is 0. The van der Waals surface area contributed by atoms with E-state index in [9.17, 15) is 5.11 Å². The number of aliphatic hydroxyl groups is 1. The molecule has 1 aromatic heterocycles. The lowest BCUT2D eigenvalue weighted by atomic mass is 10.1. The number of hydrogen-bond donors (Lipinski definition) is 1. The lowest BCUT2D eigenvalue weighted by molar-refractivity contribution is 0.269. The van der Waals surface area contributed by atoms with Gasteiger partial charge in [-0.3, -0.25) is 9.98 Å². The Balaban J connectivity index is 2.14. The van der Waals surface area contributed by atoms with Crippen molar-refractivity contribution in [1.29, 1.82) is 0 Å². The molecule has 1 N–H and O–H groups in total. The molecule has 0 radical (unpaired) electrons. The second-order valence-electron chi connectivity index (χ2n) is 3.67. The van der Waals surface area contributed by atoms with Crippen molar-refractivity contribution < 1.29 is 5.11 Å². The van der Waals surface area contributed by atoms with Gasteiger partial charge in [-0.25, -0.2) is 0 Å². The summed E-state index contributed by atoms with van der Waals surface area (Å²) in [5.74, 6) is 0. The van der Waals surface area contributed by atoms with Gasteiger partial charge in [0.15, 0.2) is 0 Å². The Labute approximate surface area is 100 Å². The molecule has 0 amide bonds. The maximum absolute atomic E-state index is 9.33. The van der Waals surface area contributed by atoms with Crippen LogP contribution in [0.5, 0.6) is 0 Å². The second kappa shape index (κ2) is 5.92. The van der Waals surface area contributed by atoms with E-state index in [2.05, 4.69) is 9.98 Å². The number of aliphatic imine (C=N–C) groups is 1. The minimum absolute atomic E-state index is 0.000769. The quantitative estimate of drug-likeness (QED) is 0.812. The van der Waals surface area contributed by atoms with E-state index >= 15 is 0 Å². The largest absolute Gasteiger partial charge is 0.394 e. The van der Waals surface area contributed by atoms with E-state index in [4.69, 9.17) is 0 Å². The first-order valence-electron chi connectivity index (χ1n) is 5.49. The molecule has 2 aromatic rings. The second-order valence-corrected chi connectivity index (χ2v) is 3.67. The first-order valence-corrected chi connectivity index (χ1v) is 5.49. The van der Waals surface area contributed by atoms with Gasteiger partial charge in [-0.15, -0.1) is 0 Å². The summed E-state index contributed by atoms with van der Waals surface area (Å²) in [5.41, 5.74) is 1.94. The maximum Gasteiger partial charge on any atom is 0.0979 e. The molecule has 0 aliphatic heterocycles. The van der Waals surface area contributed by atoms with E-state index in [1.807, 2.05) is 42.5 Å². The molecule has 0 saturated heterocycles. The summed E-state index contributed by atoms with van der Waals surface area (Å²) in [6, 6.07) is 13.3. The Morgan fingerprint density at radius 3 is 2.65 bits per heavy atom. The third kappa shape index (κ3) is 3.23. The van der Waals surface area contributed by atoms with Gasteiger partial charge in [0.05, 0.1) is 12.6 Å². The van der Waals surface area contributed by atoms with Crippen LogP contribution in [0.4, 0.5) is 0 Å². The van der Waals surface area contributed by atoms with Gasteiger partial charge in [0.1, 0.15) is 0 Å². The minimum atomic E-state index is -0.212. The van der Waals surface area contributed by atoms with Crippen molar-refractivity contribution in [2.45, 2.75) is 6.04 Å². The zero-order chi connectivity index (χ0) is 11.9. The lowest BCUT2D eigenvalue weighted by Gasteiger charge is -2.08. The van der Waals surface area contributed by atoms with Gasteiger partial charge in [0.25, 0.3) is 0 Å². The predicted molar refractivity (Wildman–Crippen MR) is 68.1 cm³/mol. The fourth-order valence-corrected chi connectivity index (χ4v) is 1.54. The van der Waals surface area contributed by atoms with Gasteiger partial charge in [0, 0.05) is 24.2 Å². The first kappa shape index (κ1) is 11.5. The summed E-state index contributed by atoms with van der Waals surface area (Å²) < 4.78 is 0. The summed E-state index contributed by atoms with van der Waals surface area (Å²) in [5, 5.41) is 9.33. The molecule has 0 spiro atoms. The zero-order valence-electron chi connectivity index (χ0n) is 9.40. The van der Waals surface area contributed by atoms with Gasteiger partial charge >= 0.3 is 0 Å². The van der Waals surface area contributed by atoms with Crippen LogP contribution in [-0.2, 0) is 0 Å². The zero-order valence-corrected chi connectivity index (χ0v) is 9.40. The van der Waals surface area contributed by atoms with Crippen LogP contribution in [0.25, 0.3) is 0 Å². The summed E-state index contributed by atoms with van der Waals surface area (Å²) in [6.07, 6.45) is 5.20. The molecule has 2 rings (SSSR count). The fourth-order valence-electron chi connectivity index (χ4n) is 1.54. The molecule has 0 fully saturated rings. The van der Waals surface area contributed by atoms with Crippen LogP contribution in [0.3, 0.4) is 0 Å². The number of rotatable bonds is 4. The van der Waals surface area contributed by atoms with Gasteiger partial charge in [0.2, 0.25) is 0 Å². The number of benzene rings is 1. The molecular weight excluding hydrogens is 212 g/mol. The van der Waals surface area contributed by atoms with Crippen molar-refractivity contribution in [2.24, 2.45) is 4.99 Å². The molecule has 1 heterocycles. The molecule has 86 valence electrons. The molecular formula is C14H14N2O. The first-order chi connectivity index (χ1) is 8.40. The van der Waals surface area contributed by atoms with Crippen molar-refractivity contribution in [1.82, 2.24) is 4.98 Å². The topological polar surface area (TPSA) is 45.5 Å². The molecule has 0 saturated carbocycles. The van der Waals surface area contributed by atoms with Crippen LogP contribution in [0.15, 0.2) is 59.9 Å². The molecule has 0 unspecified atom stereocenters. The number of nitrogens with zero attached hydrogens (tertiary/aromatic N) is 2. The Kier molecular flexibility index (Phi) is 4.00. The number of aromatic nitrogens is 1. The van der Waals surface area contributed by atoms with Gasteiger partial charge in [-0.1, -0.05) is 36.4 Å². The molecule has 1 atom stereocenters. The molecule has 0 aliphatic carbocycles. The van der Waals surface area contributed by atoms with Crippen molar-refractivity contribution in [3.63, 3.8) is 0 Å². The van der Waals surface area contributed by atoms with Crippen LogP contribution in [0.1, 0.15) is 17.2 Å². The predicted octanol–water partition coefficient (Wildman–Crippen LogP) is 2.23. The fraction of sp³-hybridized carbons (Fsp3) is 0.143. The van der Waals surface area contributed by atoms with Crippen molar-refractivity contribution in [3.05, 3.63) is 66.0 Å². The van der Waals surface area contributed by atoms with E-state index in [1.165, 1.54) is 0 Å². The molecule has 3 nitrogen and oxygen atoms in total. The van der Waals surface area contributed by atoms with Crippen LogP contribution in [-0.4, -0.2) is 22.9 Å². The molecule has 0 bridgehead atoms. The highest BCUT2D eigenvalue weighted by molar-refractivity contribution is 5.79. The average Bonchev–Trinajstić information content (AvgIpc) is 2.42. The maximum atomic E-state index is 9.33. The van der Waals surface area contributed by atoms with E-state index in [-0.39, 0.29) is 12.6 Å². The number of hydrogen-bond acceptors (Lipinski definition) is 3. The van der Waals surface area contributed by atoms with E-state index in [1.54, 1.807) is 18.6 Å². The molecule has 0 aliphatic rings. The normalized spacial score (nSPS) is 12.8. The third-order valence-corrected chi connectivity index (χ3v) is 2.45. The van der Waals surface area contributed by atoms with Crippen molar-refractivity contribution in [3.8, 4) is 0 Å². The lowest BCUT2D eigenvalue weighted by Crippen LogP contribution is -2.01.